The Kier molecular flexibility index (Phi) is 8.45. The van der Waals surface area contributed by atoms with E-state index in [4.69, 9.17) is 11.6 Å². The van der Waals surface area contributed by atoms with Crippen LogP contribution in [-0.2, 0) is 9.59 Å². The number of hydrogen-bond acceptors (Lipinski definition) is 4. The van der Waals surface area contributed by atoms with E-state index in [-0.39, 0.29) is 18.2 Å². The van der Waals surface area contributed by atoms with Crippen LogP contribution in [-0.4, -0.2) is 40.2 Å². The van der Waals surface area contributed by atoms with Crippen molar-refractivity contribution in [2.75, 3.05) is 18.4 Å². The van der Waals surface area contributed by atoms with Gasteiger partial charge in [0.25, 0.3) is 0 Å². The molecule has 142 valence electrons. The van der Waals surface area contributed by atoms with Gasteiger partial charge in [-0.25, -0.2) is 0 Å². The van der Waals surface area contributed by atoms with Crippen molar-refractivity contribution in [1.82, 2.24) is 4.90 Å². The first-order valence-corrected chi connectivity index (χ1v) is 10.4. The van der Waals surface area contributed by atoms with Gasteiger partial charge in [0.15, 0.2) is 5.17 Å². The van der Waals surface area contributed by atoms with E-state index in [0.717, 1.165) is 25.7 Å². The number of amides is 2. The molecule has 1 aliphatic heterocycles. The Labute approximate surface area is 164 Å². The van der Waals surface area contributed by atoms with E-state index in [1.807, 2.05) is 0 Å². The average molecular weight is 396 g/mol. The van der Waals surface area contributed by atoms with Gasteiger partial charge in [-0.3, -0.25) is 19.5 Å². The third kappa shape index (κ3) is 6.02. The molecule has 0 saturated carbocycles. The van der Waals surface area contributed by atoms with E-state index >= 15 is 0 Å². The van der Waals surface area contributed by atoms with E-state index in [9.17, 15) is 9.59 Å². The van der Waals surface area contributed by atoms with Gasteiger partial charge in [-0.15, -0.1) is 0 Å². The van der Waals surface area contributed by atoms with Gasteiger partial charge in [-0.05, 0) is 37.1 Å². The number of nitrogens with one attached hydrogen (secondary N) is 1. The third-order valence-electron chi connectivity index (χ3n) is 4.04. The molecule has 1 N–H and O–H groups in total. The van der Waals surface area contributed by atoms with Crippen LogP contribution < -0.4 is 5.32 Å². The largest absolute Gasteiger partial charge is 0.325 e. The second kappa shape index (κ2) is 10.6. The number of rotatable bonds is 8. The summed E-state index contributed by atoms with van der Waals surface area (Å²) in [4.78, 5) is 31.5. The predicted molar refractivity (Wildman–Crippen MR) is 110 cm³/mol. The maximum atomic E-state index is 12.6. The lowest BCUT2D eigenvalue weighted by molar-refractivity contribution is -0.129. The zero-order valence-electron chi connectivity index (χ0n) is 15.3. The molecule has 0 bridgehead atoms. The molecule has 1 fully saturated rings. The standard InChI is InChI=1S/C19H26ClN3O2S/c1-3-5-11-21-19-23(12-6-4-2)17(24)13-16(26-19)18(25)22-15-9-7-14(20)8-10-15/h7-10,16H,3-6,11-13H2,1-2H3,(H,22,25)/t16-/m1/s1. The monoisotopic (exact) mass is 395 g/mol. The Morgan fingerprint density at radius 2 is 1.96 bits per heavy atom. The Morgan fingerprint density at radius 3 is 2.62 bits per heavy atom. The fourth-order valence-corrected chi connectivity index (χ4v) is 3.76. The minimum Gasteiger partial charge on any atom is -0.325 e. The molecule has 1 atom stereocenters. The summed E-state index contributed by atoms with van der Waals surface area (Å²) in [5.41, 5.74) is 0.672. The van der Waals surface area contributed by atoms with Crippen molar-refractivity contribution in [3.8, 4) is 0 Å². The lowest BCUT2D eigenvalue weighted by atomic mass is 10.2. The van der Waals surface area contributed by atoms with Crippen LogP contribution in [0.3, 0.4) is 0 Å². The van der Waals surface area contributed by atoms with Crippen molar-refractivity contribution in [3.05, 3.63) is 29.3 Å². The van der Waals surface area contributed by atoms with E-state index in [0.29, 0.717) is 29.0 Å². The zero-order chi connectivity index (χ0) is 18.9. The van der Waals surface area contributed by atoms with Gasteiger partial charge >= 0.3 is 0 Å². The SMILES string of the molecule is CCCCN=C1S[C@@H](C(=O)Nc2ccc(Cl)cc2)CC(=O)N1CCCC. The van der Waals surface area contributed by atoms with Crippen LogP contribution in [0.15, 0.2) is 29.3 Å². The van der Waals surface area contributed by atoms with Crippen molar-refractivity contribution in [1.29, 1.82) is 0 Å². The van der Waals surface area contributed by atoms with Gasteiger partial charge in [-0.1, -0.05) is 50.1 Å². The molecule has 0 aliphatic carbocycles. The van der Waals surface area contributed by atoms with Crippen molar-refractivity contribution in [3.63, 3.8) is 0 Å². The number of aliphatic imine (C=N–C) groups is 1. The first-order valence-electron chi connectivity index (χ1n) is 9.13. The normalized spacial score (nSPS) is 19.0. The van der Waals surface area contributed by atoms with Gasteiger partial charge < -0.3 is 5.32 Å². The number of nitrogens with zero attached hydrogens (tertiary/aromatic N) is 2. The highest BCUT2D eigenvalue weighted by atomic mass is 35.5. The van der Waals surface area contributed by atoms with E-state index in [2.05, 4.69) is 24.2 Å². The molecule has 0 spiro atoms. The zero-order valence-corrected chi connectivity index (χ0v) is 16.9. The summed E-state index contributed by atoms with van der Waals surface area (Å²) in [7, 11) is 0. The van der Waals surface area contributed by atoms with E-state index in [1.54, 1.807) is 29.2 Å². The molecule has 0 radical (unpaired) electrons. The molecule has 2 rings (SSSR count). The Balaban J connectivity index is 2.07. The first-order chi connectivity index (χ1) is 12.5. The van der Waals surface area contributed by atoms with Gasteiger partial charge in [0.05, 0.1) is 0 Å². The maximum Gasteiger partial charge on any atom is 0.238 e. The van der Waals surface area contributed by atoms with Crippen molar-refractivity contribution < 1.29 is 9.59 Å². The minimum atomic E-state index is -0.462. The quantitative estimate of drug-likeness (QED) is 0.656. The number of benzene rings is 1. The van der Waals surface area contributed by atoms with Crippen molar-refractivity contribution in [2.45, 2.75) is 51.2 Å². The summed E-state index contributed by atoms with van der Waals surface area (Å²) in [6.45, 7) is 5.55. The average Bonchev–Trinajstić information content (AvgIpc) is 2.63. The molecule has 1 aromatic carbocycles. The number of carbonyl (C=O) groups excluding carboxylic acids is 2. The van der Waals surface area contributed by atoms with Gasteiger partial charge in [0, 0.05) is 30.2 Å². The second-order valence-corrected chi connectivity index (χ2v) is 7.83. The molecule has 0 unspecified atom stereocenters. The molecule has 1 aromatic rings. The van der Waals surface area contributed by atoms with Crippen LogP contribution in [0.1, 0.15) is 46.0 Å². The predicted octanol–water partition coefficient (Wildman–Crippen LogP) is 4.57. The summed E-state index contributed by atoms with van der Waals surface area (Å²) >= 11 is 7.26. The Morgan fingerprint density at radius 1 is 1.27 bits per heavy atom. The third-order valence-corrected chi connectivity index (χ3v) is 5.52. The number of halogens is 1. The van der Waals surface area contributed by atoms with Crippen LogP contribution in [0.25, 0.3) is 0 Å². The van der Waals surface area contributed by atoms with Crippen LogP contribution in [0.2, 0.25) is 5.02 Å². The topological polar surface area (TPSA) is 61.8 Å². The van der Waals surface area contributed by atoms with Gasteiger partial charge in [0.1, 0.15) is 5.25 Å². The highest BCUT2D eigenvalue weighted by Crippen LogP contribution is 2.28. The smallest absolute Gasteiger partial charge is 0.238 e. The van der Waals surface area contributed by atoms with Crippen LogP contribution in [0.5, 0.6) is 0 Å². The van der Waals surface area contributed by atoms with Crippen LogP contribution in [0.4, 0.5) is 5.69 Å². The lowest BCUT2D eigenvalue weighted by Crippen LogP contribution is -2.45. The summed E-state index contributed by atoms with van der Waals surface area (Å²) in [6, 6.07) is 6.94. The molecule has 2 amide bonds. The molecule has 1 heterocycles. The molecular weight excluding hydrogens is 370 g/mol. The van der Waals surface area contributed by atoms with Crippen LogP contribution >= 0.6 is 23.4 Å². The molecule has 5 nitrogen and oxygen atoms in total. The fourth-order valence-electron chi connectivity index (χ4n) is 2.50. The molecule has 26 heavy (non-hydrogen) atoms. The van der Waals surface area contributed by atoms with Crippen molar-refractivity contribution >= 4 is 46.0 Å². The number of hydrogen-bond donors (Lipinski definition) is 1. The minimum absolute atomic E-state index is 0.0243. The maximum absolute atomic E-state index is 12.6. The summed E-state index contributed by atoms with van der Waals surface area (Å²) in [6.07, 6.45) is 4.16. The Bertz CT molecular complexity index is 649. The first kappa shape index (κ1) is 20.8. The summed E-state index contributed by atoms with van der Waals surface area (Å²) < 4.78 is 0. The van der Waals surface area contributed by atoms with E-state index in [1.165, 1.54) is 11.8 Å². The molecular formula is C19H26ClN3O2S. The van der Waals surface area contributed by atoms with E-state index < -0.39 is 5.25 Å². The van der Waals surface area contributed by atoms with Crippen LogP contribution in [0, 0.1) is 0 Å². The second-order valence-electron chi connectivity index (χ2n) is 6.22. The molecule has 7 heteroatoms. The fraction of sp³-hybridized carbons (Fsp3) is 0.526. The number of thioether (sulfide) groups is 1. The van der Waals surface area contributed by atoms with Gasteiger partial charge in [-0.2, -0.15) is 0 Å². The number of amidine groups is 1. The molecule has 0 aromatic heterocycles. The highest BCUT2D eigenvalue weighted by molar-refractivity contribution is 8.15. The number of unbranched alkanes of at least 4 members (excludes halogenated alkanes) is 2. The molecule has 1 aliphatic rings. The molecule has 1 saturated heterocycles. The lowest BCUT2D eigenvalue weighted by Gasteiger charge is -2.31. The number of carbonyl (C=O) groups is 2. The summed E-state index contributed by atoms with van der Waals surface area (Å²) in [5, 5.41) is 3.69. The Hall–Kier alpha value is -1.53. The highest BCUT2D eigenvalue weighted by Gasteiger charge is 2.35. The van der Waals surface area contributed by atoms with Gasteiger partial charge in [0.2, 0.25) is 11.8 Å². The van der Waals surface area contributed by atoms with Crippen molar-refractivity contribution in [2.24, 2.45) is 4.99 Å². The summed E-state index contributed by atoms with van der Waals surface area (Å²) in [5.74, 6) is -0.201. The number of anilines is 1.